The summed E-state index contributed by atoms with van der Waals surface area (Å²) in [7, 11) is 0. The van der Waals surface area contributed by atoms with Crippen molar-refractivity contribution in [3.63, 3.8) is 0 Å². The van der Waals surface area contributed by atoms with Crippen molar-refractivity contribution in [2.75, 3.05) is 5.32 Å². The van der Waals surface area contributed by atoms with Crippen LogP contribution in [-0.2, 0) is 17.8 Å². The van der Waals surface area contributed by atoms with Crippen LogP contribution < -0.4 is 10.1 Å². The second-order valence-electron chi connectivity index (χ2n) is 6.96. The van der Waals surface area contributed by atoms with Gasteiger partial charge in [-0.25, -0.2) is 0 Å². The van der Waals surface area contributed by atoms with Crippen LogP contribution >= 0.6 is 0 Å². The zero-order valence-electron chi connectivity index (χ0n) is 16.1. The van der Waals surface area contributed by atoms with Crippen LogP contribution in [0.1, 0.15) is 21.7 Å². The van der Waals surface area contributed by atoms with Gasteiger partial charge in [0, 0.05) is 18.7 Å². The van der Waals surface area contributed by atoms with Crippen molar-refractivity contribution < 1.29 is 31.9 Å². The highest BCUT2D eigenvalue weighted by Crippen LogP contribution is 2.27. The molecular formula is C22H17F3N2O4. The van der Waals surface area contributed by atoms with Gasteiger partial charge in [0.05, 0.1) is 6.26 Å². The zero-order chi connectivity index (χ0) is 22.0. The van der Waals surface area contributed by atoms with Crippen molar-refractivity contribution in [2.45, 2.75) is 25.4 Å². The largest absolute Gasteiger partial charge is 0.573 e. The summed E-state index contributed by atoms with van der Waals surface area (Å²) in [6.07, 6.45) is -3.12. The number of halogens is 3. The highest BCUT2D eigenvalue weighted by Gasteiger charge is 2.36. The number of furan rings is 1. The van der Waals surface area contributed by atoms with Crippen molar-refractivity contribution in [3.05, 3.63) is 83.8 Å². The molecule has 9 heteroatoms. The molecule has 160 valence electrons. The monoisotopic (exact) mass is 430 g/mol. The predicted molar refractivity (Wildman–Crippen MR) is 104 cm³/mol. The first-order valence-electron chi connectivity index (χ1n) is 9.38. The van der Waals surface area contributed by atoms with Crippen molar-refractivity contribution in [3.8, 4) is 5.75 Å². The lowest BCUT2D eigenvalue weighted by Crippen LogP contribution is -2.50. The lowest BCUT2D eigenvalue weighted by molar-refractivity contribution is -0.274. The van der Waals surface area contributed by atoms with Crippen LogP contribution in [0.2, 0.25) is 0 Å². The van der Waals surface area contributed by atoms with E-state index in [1.165, 1.54) is 29.4 Å². The summed E-state index contributed by atoms with van der Waals surface area (Å²) in [4.78, 5) is 27.4. The Bertz CT molecular complexity index is 1080. The molecule has 31 heavy (non-hydrogen) atoms. The summed E-state index contributed by atoms with van der Waals surface area (Å²) in [6, 6.07) is 14.6. The minimum absolute atomic E-state index is 0.117. The molecule has 2 amide bonds. The second kappa shape index (κ2) is 8.17. The van der Waals surface area contributed by atoms with Crippen LogP contribution in [0.25, 0.3) is 0 Å². The average Bonchev–Trinajstić information content (AvgIpc) is 3.27. The number of rotatable bonds is 4. The quantitative estimate of drug-likeness (QED) is 0.667. The van der Waals surface area contributed by atoms with Gasteiger partial charge >= 0.3 is 6.36 Å². The number of carbonyl (C=O) groups excluding carboxylic acids is 2. The van der Waals surface area contributed by atoms with Crippen LogP contribution in [0, 0.1) is 0 Å². The Morgan fingerprint density at radius 1 is 1.00 bits per heavy atom. The minimum atomic E-state index is -4.80. The number of hydrogen-bond donors (Lipinski definition) is 1. The fraction of sp³-hybridized carbons (Fsp3) is 0.182. The summed E-state index contributed by atoms with van der Waals surface area (Å²) < 4.78 is 46.0. The van der Waals surface area contributed by atoms with E-state index < -0.39 is 30.0 Å². The smallest absolute Gasteiger partial charge is 0.459 e. The molecule has 0 saturated heterocycles. The number of carbonyl (C=O) groups is 2. The minimum Gasteiger partial charge on any atom is -0.459 e. The number of anilines is 1. The van der Waals surface area contributed by atoms with E-state index in [4.69, 9.17) is 4.42 Å². The normalized spacial score (nSPS) is 15.8. The fourth-order valence-corrected chi connectivity index (χ4v) is 3.48. The molecule has 1 N–H and O–H groups in total. The van der Waals surface area contributed by atoms with Gasteiger partial charge in [0.15, 0.2) is 5.76 Å². The highest BCUT2D eigenvalue weighted by atomic mass is 19.4. The van der Waals surface area contributed by atoms with E-state index in [2.05, 4.69) is 10.1 Å². The maximum absolute atomic E-state index is 13.0. The number of amides is 2. The van der Waals surface area contributed by atoms with Crippen molar-refractivity contribution in [2.24, 2.45) is 0 Å². The number of ether oxygens (including phenoxy) is 1. The van der Waals surface area contributed by atoms with Gasteiger partial charge in [0.25, 0.3) is 5.91 Å². The molecule has 0 spiro atoms. The molecule has 4 rings (SSSR count). The number of hydrogen-bond acceptors (Lipinski definition) is 4. The lowest BCUT2D eigenvalue weighted by atomic mass is 9.93. The molecule has 1 aromatic heterocycles. The van der Waals surface area contributed by atoms with E-state index in [0.717, 1.165) is 23.3 Å². The summed E-state index contributed by atoms with van der Waals surface area (Å²) in [5, 5.41) is 2.66. The molecule has 3 aromatic rings. The van der Waals surface area contributed by atoms with Gasteiger partial charge in [-0.3, -0.25) is 9.59 Å². The molecule has 0 saturated carbocycles. The van der Waals surface area contributed by atoms with Crippen LogP contribution in [0.3, 0.4) is 0 Å². The summed E-state index contributed by atoms with van der Waals surface area (Å²) >= 11 is 0. The zero-order valence-corrected chi connectivity index (χ0v) is 16.1. The number of fused-ring (bicyclic) bond motifs is 1. The highest BCUT2D eigenvalue weighted by molar-refractivity contribution is 6.00. The molecular weight excluding hydrogens is 413 g/mol. The number of nitrogens with one attached hydrogen (secondary N) is 1. The molecule has 0 unspecified atom stereocenters. The first-order chi connectivity index (χ1) is 14.8. The Balaban J connectivity index is 1.55. The van der Waals surface area contributed by atoms with E-state index in [9.17, 15) is 22.8 Å². The van der Waals surface area contributed by atoms with Crippen LogP contribution in [-0.4, -0.2) is 29.1 Å². The Labute approximate surface area is 175 Å². The first-order valence-corrected chi connectivity index (χ1v) is 9.38. The van der Waals surface area contributed by atoms with Gasteiger partial charge < -0.3 is 19.4 Å². The average molecular weight is 430 g/mol. The van der Waals surface area contributed by atoms with Gasteiger partial charge in [-0.15, -0.1) is 13.2 Å². The molecule has 6 nitrogen and oxygen atoms in total. The number of nitrogens with zero attached hydrogens (tertiary/aromatic N) is 1. The van der Waals surface area contributed by atoms with Crippen LogP contribution in [0.15, 0.2) is 71.3 Å². The van der Waals surface area contributed by atoms with E-state index in [-0.39, 0.29) is 18.0 Å². The summed E-state index contributed by atoms with van der Waals surface area (Å²) in [5.41, 5.74) is 2.16. The van der Waals surface area contributed by atoms with Crippen molar-refractivity contribution >= 4 is 17.5 Å². The van der Waals surface area contributed by atoms with E-state index in [0.29, 0.717) is 6.42 Å². The molecule has 0 bridgehead atoms. The molecule has 0 fully saturated rings. The van der Waals surface area contributed by atoms with Gasteiger partial charge in [0.2, 0.25) is 5.91 Å². The first kappa shape index (κ1) is 20.5. The van der Waals surface area contributed by atoms with E-state index >= 15 is 0 Å². The predicted octanol–water partition coefficient (Wildman–Crippen LogP) is 4.38. The third-order valence-electron chi connectivity index (χ3n) is 4.90. The molecule has 1 aliphatic rings. The standard InChI is InChI=1S/C22H17F3N2O4/c23-22(24,25)31-17-9-7-16(8-10-17)26-20(28)18-12-14-4-1-2-5-15(14)13-27(18)21(29)19-6-3-11-30-19/h1-11,18H,12-13H2,(H,26,28)/t18-/m1/s1. The molecule has 2 aromatic carbocycles. The van der Waals surface area contributed by atoms with E-state index in [1.54, 1.807) is 6.07 Å². The third kappa shape index (κ3) is 4.71. The van der Waals surface area contributed by atoms with Gasteiger partial charge in [-0.2, -0.15) is 0 Å². The number of alkyl halides is 3. The summed E-state index contributed by atoms with van der Waals surface area (Å²) in [6.45, 7) is 0.228. The second-order valence-corrected chi connectivity index (χ2v) is 6.96. The Kier molecular flexibility index (Phi) is 5.41. The molecule has 2 heterocycles. The molecule has 1 atom stereocenters. The summed E-state index contributed by atoms with van der Waals surface area (Å²) in [5.74, 6) is -1.16. The maximum atomic E-state index is 13.0. The third-order valence-corrected chi connectivity index (χ3v) is 4.90. The molecule has 0 radical (unpaired) electrons. The fourth-order valence-electron chi connectivity index (χ4n) is 3.48. The molecule has 0 aliphatic carbocycles. The van der Waals surface area contributed by atoms with Gasteiger partial charge in [-0.1, -0.05) is 24.3 Å². The Hall–Kier alpha value is -3.75. The van der Waals surface area contributed by atoms with Crippen LogP contribution in [0.5, 0.6) is 5.75 Å². The number of benzene rings is 2. The lowest BCUT2D eigenvalue weighted by Gasteiger charge is -2.35. The van der Waals surface area contributed by atoms with Crippen molar-refractivity contribution in [1.82, 2.24) is 4.90 Å². The molecule has 1 aliphatic heterocycles. The van der Waals surface area contributed by atoms with Crippen LogP contribution in [0.4, 0.5) is 18.9 Å². The maximum Gasteiger partial charge on any atom is 0.573 e. The Morgan fingerprint density at radius 3 is 2.35 bits per heavy atom. The van der Waals surface area contributed by atoms with E-state index in [1.807, 2.05) is 24.3 Å². The van der Waals surface area contributed by atoms with Gasteiger partial charge in [-0.05, 0) is 47.5 Å². The SMILES string of the molecule is O=C(Nc1ccc(OC(F)(F)F)cc1)[C@H]1Cc2ccccc2CN1C(=O)c1ccco1. The van der Waals surface area contributed by atoms with Gasteiger partial charge in [0.1, 0.15) is 11.8 Å². The Morgan fingerprint density at radius 2 is 1.71 bits per heavy atom. The van der Waals surface area contributed by atoms with Crippen molar-refractivity contribution in [1.29, 1.82) is 0 Å². The topological polar surface area (TPSA) is 71.8 Å².